The maximum Gasteiger partial charge on any atom is 0.125 e. The summed E-state index contributed by atoms with van der Waals surface area (Å²) in [7, 11) is 1.60. The van der Waals surface area contributed by atoms with Gasteiger partial charge in [-0.2, -0.15) is 0 Å². The molecule has 0 saturated heterocycles. The van der Waals surface area contributed by atoms with E-state index in [-0.39, 0.29) is 5.72 Å². The van der Waals surface area contributed by atoms with Gasteiger partial charge in [0, 0.05) is 7.11 Å². The molecule has 0 bridgehead atoms. The third-order valence-corrected chi connectivity index (χ3v) is 0.858. The van der Waals surface area contributed by atoms with E-state index in [0.29, 0.717) is 0 Å². The summed E-state index contributed by atoms with van der Waals surface area (Å²) in [5, 5.41) is 0. The van der Waals surface area contributed by atoms with Crippen LogP contribution in [0.4, 0.5) is 0 Å². The molecule has 3 N–H and O–H groups in total. The van der Waals surface area contributed by atoms with Gasteiger partial charge in [0.05, 0.1) is 0 Å². The van der Waals surface area contributed by atoms with Crippen molar-refractivity contribution in [1.82, 2.24) is 5.43 Å². The van der Waals surface area contributed by atoms with Gasteiger partial charge in [0.25, 0.3) is 0 Å². The Hall–Kier alpha value is -0.120. The van der Waals surface area contributed by atoms with Crippen molar-refractivity contribution in [3.05, 3.63) is 0 Å². The Morgan fingerprint density at radius 3 is 2.00 bits per heavy atom. The standard InChI is InChI=1S/C4H12N2O/c1-4(2,6-5)7-3/h6H,5H2,1-3H3. The van der Waals surface area contributed by atoms with Crippen LogP contribution < -0.4 is 11.3 Å². The average Bonchev–Trinajstić information content (AvgIpc) is 1.68. The van der Waals surface area contributed by atoms with Crippen LogP contribution in [-0.2, 0) is 4.74 Å². The number of nitrogens with one attached hydrogen (secondary N) is 1. The Labute approximate surface area is 43.8 Å². The van der Waals surface area contributed by atoms with E-state index in [1.54, 1.807) is 7.11 Å². The van der Waals surface area contributed by atoms with E-state index in [9.17, 15) is 0 Å². The van der Waals surface area contributed by atoms with Gasteiger partial charge in [-0.3, -0.25) is 5.84 Å². The van der Waals surface area contributed by atoms with Gasteiger partial charge >= 0.3 is 0 Å². The molecule has 0 aliphatic heterocycles. The number of hydrogen-bond donors (Lipinski definition) is 2. The molecule has 0 unspecified atom stereocenters. The van der Waals surface area contributed by atoms with Crippen molar-refractivity contribution in [1.29, 1.82) is 0 Å². The van der Waals surface area contributed by atoms with Crippen LogP contribution in [0.2, 0.25) is 0 Å². The molecule has 0 aromatic heterocycles. The minimum Gasteiger partial charge on any atom is -0.363 e. The summed E-state index contributed by atoms with van der Waals surface area (Å²) in [5.74, 6) is 5.04. The van der Waals surface area contributed by atoms with Crippen LogP contribution in [0, 0.1) is 0 Å². The van der Waals surface area contributed by atoms with Gasteiger partial charge in [0.2, 0.25) is 0 Å². The summed E-state index contributed by atoms with van der Waals surface area (Å²) in [6.07, 6.45) is 0. The lowest BCUT2D eigenvalue weighted by atomic mass is 10.3. The van der Waals surface area contributed by atoms with Gasteiger partial charge in [-0.1, -0.05) is 0 Å². The first-order valence-corrected chi connectivity index (χ1v) is 2.15. The smallest absolute Gasteiger partial charge is 0.125 e. The summed E-state index contributed by atoms with van der Waals surface area (Å²) in [6, 6.07) is 0. The van der Waals surface area contributed by atoms with Crippen LogP contribution in [-0.4, -0.2) is 12.8 Å². The zero-order chi connectivity index (χ0) is 5.91. The summed E-state index contributed by atoms with van der Waals surface area (Å²) in [6.45, 7) is 3.68. The molecule has 0 heterocycles. The first-order chi connectivity index (χ1) is 3.12. The number of hydrazine groups is 1. The highest BCUT2D eigenvalue weighted by molar-refractivity contribution is 4.56. The van der Waals surface area contributed by atoms with Crippen LogP contribution in [0.25, 0.3) is 0 Å². The van der Waals surface area contributed by atoms with Gasteiger partial charge in [-0.05, 0) is 13.8 Å². The van der Waals surface area contributed by atoms with E-state index in [0.717, 1.165) is 0 Å². The second-order valence-corrected chi connectivity index (χ2v) is 1.86. The second kappa shape index (κ2) is 2.26. The third kappa shape index (κ3) is 2.56. The SMILES string of the molecule is COC(C)(C)NN. The number of methoxy groups -OCH3 is 1. The highest BCUT2D eigenvalue weighted by Crippen LogP contribution is 1.96. The molecule has 3 heteroatoms. The Bertz CT molecular complexity index is 47.7. The van der Waals surface area contributed by atoms with Crippen LogP contribution in [0.15, 0.2) is 0 Å². The van der Waals surface area contributed by atoms with Crippen molar-refractivity contribution >= 4 is 0 Å². The molecular formula is C4H12N2O. The number of hydrogen-bond acceptors (Lipinski definition) is 3. The lowest BCUT2D eigenvalue weighted by Gasteiger charge is -2.20. The highest BCUT2D eigenvalue weighted by Gasteiger charge is 2.10. The lowest BCUT2D eigenvalue weighted by molar-refractivity contribution is -0.00699. The molecule has 3 nitrogen and oxygen atoms in total. The van der Waals surface area contributed by atoms with E-state index in [1.807, 2.05) is 13.8 Å². The first-order valence-electron chi connectivity index (χ1n) is 2.15. The maximum absolute atomic E-state index is 5.04. The number of rotatable bonds is 2. The Kier molecular flexibility index (Phi) is 2.22. The van der Waals surface area contributed by atoms with Crippen molar-refractivity contribution in [2.24, 2.45) is 5.84 Å². The molecule has 0 atom stereocenters. The molecule has 0 amide bonds. The summed E-state index contributed by atoms with van der Waals surface area (Å²) in [5.41, 5.74) is 2.08. The minimum atomic E-state index is -0.389. The number of nitrogens with two attached hydrogens (primary N) is 1. The fraction of sp³-hybridized carbons (Fsp3) is 1.00. The molecule has 0 aliphatic rings. The fourth-order valence-corrected chi connectivity index (χ4v) is 0.0589. The molecule has 0 fully saturated rings. The van der Waals surface area contributed by atoms with Crippen molar-refractivity contribution in [3.8, 4) is 0 Å². The molecule has 0 aliphatic carbocycles. The Balaban J connectivity index is 3.36. The Morgan fingerprint density at radius 2 is 2.00 bits per heavy atom. The molecule has 0 rings (SSSR count). The molecule has 0 aromatic rings. The molecule has 0 spiro atoms. The zero-order valence-electron chi connectivity index (χ0n) is 4.99. The monoisotopic (exact) mass is 104 g/mol. The molecule has 0 aromatic carbocycles. The molecule has 7 heavy (non-hydrogen) atoms. The quantitative estimate of drug-likeness (QED) is 0.290. The van der Waals surface area contributed by atoms with Gasteiger partial charge < -0.3 is 4.74 Å². The van der Waals surface area contributed by atoms with Gasteiger partial charge in [0.15, 0.2) is 0 Å². The zero-order valence-corrected chi connectivity index (χ0v) is 4.99. The second-order valence-electron chi connectivity index (χ2n) is 1.86. The maximum atomic E-state index is 5.04. The Morgan fingerprint density at radius 1 is 1.57 bits per heavy atom. The first kappa shape index (κ1) is 6.88. The minimum absolute atomic E-state index is 0.389. The van der Waals surface area contributed by atoms with E-state index in [2.05, 4.69) is 5.43 Å². The number of ether oxygens (including phenoxy) is 1. The third-order valence-electron chi connectivity index (χ3n) is 0.858. The van der Waals surface area contributed by atoms with Gasteiger partial charge in [-0.25, -0.2) is 5.43 Å². The summed E-state index contributed by atoms with van der Waals surface area (Å²) in [4.78, 5) is 0. The van der Waals surface area contributed by atoms with Crippen LogP contribution >= 0.6 is 0 Å². The van der Waals surface area contributed by atoms with E-state index in [1.165, 1.54) is 0 Å². The summed E-state index contributed by atoms with van der Waals surface area (Å²) >= 11 is 0. The lowest BCUT2D eigenvalue weighted by Crippen LogP contribution is -2.45. The van der Waals surface area contributed by atoms with Gasteiger partial charge in [0.1, 0.15) is 5.72 Å². The molecule has 0 radical (unpaired) electrons. The van der Waals surface area contributed by atoms with Crippen molar-refractivity contribution in [3.63, 3.8) is 0 Å². The fourth-order valence-electron chi connectivity index (χ4n) is 0.0589. The van der Waals surface area contributed by atoms with Crippen molar-refractivity contribution in [2.75, 3.05) is 7.11 Å². The predicted molar refractivity (Wildman–Crippen MR) is 28.4 cm³/mol. The highest BCUT2D eigenvalue weighted by atomic mass is 16.5. The average molecular weight is 104 g/mol. The molecular weight excluding hydrogens is 92.1 g/mol. The van der Waals surface area contributed by atoms with E-state index in [4.69, 9.17) is 10.6 Å². The molecule has 44 valence electrons. The molecule has 0 saturated carbocycles. The largest absolute Gasteiger partial charge is 0.363 e. The predicted octanol–water partition coefficient (Wildman–Crippen LogP) is -0.168. The topological polar surface area (TPSA) is 47.3 Å². The van der Waals surface area contributed by atoms with Crippen LogP contribution in [0.5, 0.6) is 0 Å². The van der Waals surface area contributed by atoms with Gasteiger partial charge in [-0.15, -0.1) is 0 Å². The van der Waals surface area contributed by atoms with Crippen LogP contribution in [0.3, 0.4) is 0 Å². The van der Waals surface area contributed by atoms with E-state index >= 15 is 0 Å². The van der Waals surface area contributed by atoms with Crippen molar-refractivity contribution in [2.45, 2.75) is 19.6 Å². The van der Waals surface area contributed by atoms with Crippen molar-refractivity contribution < 1.29 is 4.74 Å². The van der Waals surface area contributed by atoms with Crippen LogP contribution in [0.1, 0.15) is 13.8 Å². The normalized spacial score (nSPS) is 12.0. The summed E-state index contributed by atoms with van der Waals surface area (Å²) < 4.78 is 4.85. The van der Waals surface area contributed by atoms with E-state index < -0.39 is 0 Å².